The van der Waals surface area contributed by atoms with Gasteiger partial charge in [-0.25, -0.2) is 0 Å². The van der Waals surface area contributed by atoms with Crippen molar-refractivity contribution in [3.8, 4) is 5.75 Å². The van der Waals surface area contributed by atoms with Gasteiger partial charge in [0.15, 0.2) is 6.61 Å². The molecule has 26 heavy (non-hydrogen) atoms. The molecule has 0 aliphatic heterocycles. The van der Waals surface area contributed by atoms with Gasteiger partial charge in [0, 0.05) is 18.2 Å². The lowest BCUT2D eigenvalue weighted by Crippen LogP contribution is -2.56. The summed E-state index contributed by atoms with van der Waals surface area (Å²) in [5, 5.41) is 13.8. The van der Waals surface area contributed by atoms with Crippen molar-refractivity contribution in [3.63, 3.8) is 0 Å². The van der Waals surface area contributed by atoms with Crippen LogP contribution in [0.2, 0.25) is 0 Å². The van der Waals surface area contributed by atoms with Crippen LogP contribution in [0.4, 0.5) is 5.69 Å². The first-order valence-corrected chi connectivity index (χ1v) is 9.60. The van der Waals surface area contributed by atoms with E-state index in [-0.39, 0.29) is 29.7 Å². The third-order valence-electron chi connectivity index (χ3n) is 6.80. The van der Waals surface area contributed by atoms with Crippen LogP contribution in [0, 0.1) is 33.3 Å². The number of benzene rings is 1. The number of nitro benzene ring substituents is 1. The number of hydrogen-bond acceptors (Lipinski definition) is 4. The number of amides is 1. The van der Waals surface area contributed by atoms with Crippen LogP contribution in [0.3, 0.4) is 0 Å². The molecule has 6 nitrogen and oxygen atoms in total. The van der Waals surface area contributed by atoms with Crippen molar-refractivity contribution < 1.29 is 14.5 Å². The van der Waals surface area contributed by atoms with Crippen LogP contribution in [0.15, 0.2) is 24.3 Å². The maximum Gasteiger partial charge on any atom is 0.269 e. The molecule has 0 radical (unpaired) electrons. The Labute approximate surface area is 153 Å². The molecule has 4 bridgehead atoms. The highest BCUT2D eigenvalue weighted by Gasteiger charge is 2.53. The zero-order chi connectivity index (χ0) is 18.3. The summed E-state index contributed by atoms with van der Waals surface area (Å²) in [6.07, 6.45) is 7.94. The monoisotopic (exact) mass is 358 g/mol. The van der Waals surface area contributed by atoms with E-state index >= 15 is 0 Å². The van der Waals surface area contributed by atoms with Crippen LogP contribution in [-0.2, 0) is 4.79 Å². The van der Waals surface area contributed by atoms with E-state index in [0.29, 0.717) is 5.75 Å². The SMILES string of the molecule is C[C@@H](NC(=O)COc1ccc([N+](=O)[O-])cc1)C12CC3CC(CC(C3)C1)C2. The third kappa shape index (κ3) is 3.29. The minimum Gasteiger partial charge on any atom is -0.484 e. The number of carbonyl (C=O) groups excluding carboxylic acids is 1. The second-order valence-electron chi connectivity index (χ2n) is 8.61. The van der Waals surface area contributed by atoms with Crippen LogP contribution in [0.1, 0.15) is 45.4 Å². The summed E-state index contributed by atoms with van der Waals surface area (Å²) in [7, 11) is 0. The molecular formula is C20H26N2O4. The number of nitro groups is 1. The molecule has 6 heteroatoms. The molecule has 0 saturated heterocycles. The van der Waals surface area contributed by atoms with Crippen molar-refractivity contribution in [1.82, 2.24) is 5.32 Å². The van der Waals surface area contributed by atoms with E-state index in [1.54, 1.807) is 0 Å². The van der Waals surface area contributed by atoms with Crippen molar-refractivity contribution in [2.24, 2.45) is 23.2 Å². The first-order chi connectivity index (χ1) is 12.4. The normalized spacial score (nSPS) is 32.9. The predicted molar refractivity (Wildman–Crippen MR) is 96.8 cm³/mol. The van der Waals surface area contributed by atoms with Gasteiger partial charge in [0.1, 0.15) is 5.75 Å². The average Bonchev–Trinajstić information content (AvgIpc) is 2.59. The average molecular weight is 358 g/mol. The van der Waals surface area contributed by atoms with Gasteiger partial charge in [-0.3, -0.25) is 14.9 Å². The Balaban J connectivity index is 1.31. The Bertz CT molecular complexity index is 665. The Morgan fingerprint density at radius 1 is 1.19 bits per heavy atom. The number of nitrogens with zero attached hydrogens (tertiary/aromatic N) is 1. The first-order valence-electron chi connectivity index (χ1n) is 9.60. The molecule has 4 aliphatic carbocycles. The van der Waals surface area contributed by atoms with E-state index in [0.717, 1.165) is 17.8 Å². The van der Waals surface area contributed by atoms with E-state index in [1.165, 1.54) is 62.8 Å². The van der Waals surface area contributed by atoms with Crippen LogP contribution in [0.25, 0.3) is 0 Å². The van der Waals surface area contributed by atoms with Gasteiger partial charge in [-0.15, -0.1) is 0 Å². The standard InChI is InChI=1S/C20H26N2O4/c1-13(20-9-14-6-15(10-20)8-16(7-14)11-20)21-19(23)12-26-18-4-2-17(3-5-18)22(24)25/h2-5,13-16H,6-12H2,1H3,(H,21,23)/t13-,14?,15?,16?,20?/m1/s1. The maximum atomic E-state index is 12.4. The van der Waals surface area contributed by atoms with E-state index in [4.69, 9.17) is 4.74 Å². The molecule has 0 spiro atoms. The van der Waals surface area contributed by atoms with E-state index in [9.17, 15) is 14.9 Å². The van der Waals surface area contributed by atoms with Crippen molar-refractivity contribution in [1.29, 1.82) is 0 Å². The molecule has 4 fully saturated rings. The molecular weight excluding hydrogens is 332 g/mol. The number of hydrogen-bond donors (Lipinski definition) is 1. The summed E-state index contributed by atoms with van der Waals surface area (Å²) in [5.74, 6) is 2.92. The fourth-order valence-corrected chi connectivity index (χ4v) is 5.96. The highest BCUT2D eigenvalue weighted by atomic mass is 16.6. The largest absolute Gasteiger partial charge is 0.484 e. The number of nitrogens with one attached hydrogen (secondary N) is 1. The van der Waals surface area contributed by atoms with Crippen LogP contribution in [-0.4, -0.2) is 23.5 Å². The fourth-order valence-electron chi connectivity index (χ4n) is 5.96. The highest BCUT2D eigenvalue weighted by molar-refractivity contribution is 5.77. The number of rotatable bonds is 6. The summed E-state index contributed by atoms with van der Waals surface area (Å²) in [5.41, 5.74) is 0.287. The van der Waals surface area contributed by atoms with E-state index in [2.05, 4.69) is 12.2 Å². The quantitative estimate of drug-likeness (QED) is 0.621. The van der Waals surface area contributed by atoms with Crippen molar-refractivity contribution in [2.75, 3.05) is 6.61 Å². The minimum absolute atomic E-state index is 0.0113. The van der Waals surface area contributed by atoms with Crippen molar-refractivity contribution in [3.05, 3.63) is 34.4 Å². The van der Waals surface area contributed by atoms with Gasteiger partial charge in [0.25, 0.3) is 11.6 Å². The van der Waals surface area contributed by atoms with Crippen LogP contribution in [0.5, 0.6) is 5.75 Å². The summed E-state index contributed by atoms with van der Waals surface area (Å²) in [4.78, 5) is 22.6. The van der Waals surface area contributed by atoms with Crippen molar-refractivity contribution in [2.45, 2.75) is 51.5 Å². The van der Waals surface area contributed by atoms with Gasteiger partial charge in [0.05, 0.1) is 4.92 Å². The third-order valence-corrected chi connectivity index (χ3v) is 6.80. The molecule has 5 rings (SSSR count). The Morgan fingerprint density at radius 3 is 2.23 bits per heavy atom. The number of ether oxygens (including phenoxy) is 1. The lowest BCUT2D eigenvalue weighted by Gasteiger charge is -2.59. The van der Waals surface area contributed by atoms with Gasteiger partial charge in [-0.2, -0.15) is 0 Å². The van der Waals surface area contributed by atoms with Crippen molar-refractivity contribution >= 4 is 11.6 Å². The number of carbonyl (C=O) groups is 1. The molecule has 0 aromatic heterocycles. The smallest absolute Gasteiger partial charge is 0.269 e. The molecule has 1 atom stereocenters. The zero-order valence-electron chi connectivity index (χ0n) is 15.1. The van der Waals surface area contributed by atoms with E-state index < -0.39 is 4.92 Å². The van der Waals surface area contributed by atoms with Gasteiger partial charge in [0.2, 0.25) is 0 Å². The van der Waals surface area contributed by atoms with Gasteiger partial charge < -0.3 is 10.1 Å². The second-order valence-corrected chi connectivity index (χ2v) is 8.61. The molecule has 1 N–H and O–H groups in total. The summed E-state index contributed by atoms with van der Waals surface area (Å²) in [6, 6.07) is 5.97. The Kier molecular flexibility index (Phi) is 4.37. The maximum absolute atomic E-state index is 12.4. The summed E-state index contributed by atoms with van der Waals surface area (Å²) in [6.45, 7) is 2.09. The number of non-ortho nitro benzene ring substituents is 1. The molecule has 1 amide bonds. The van der Waals surface area contributed by atoms with E-state index in [1.807, 2.05) is 0 Å². The molecule has 0 heterocycles. The predicted octanol–water partition coefficient (Wildman–Crippen LogP) is 3.69. The summed E-state index contributed by atoms with van der Waals surface area (Å²) < 4.78 is 5.49. The van der Waals surface area contributed by atoms with Gasteiger partial charge in [-0.1, -0.05) is 0 Å². The molecule has 1 aromatic rings. The van der Waals surface area contributed by atoms with Gasteiger partial charge >= 0.3 is 0 Å². The molecule has 1 aromatic carbocycles. The zero-order valence-corrected chi connectivity index (χ0v) is 15.1. The second kappa shape index (κ2) is 6.56. The first kappa shape index (κ1) is 17.3. The lowest BCUT2D eigenvalue weighted by molar-refractivity contribution is -0.384. The molecule has 4 saturated carbocycles. The molecule has 140 valence electrons. The topological polar surface area (TPSA) is 81.5 Å². The minimum atomic E-state index is -0.455. The lowest BCUT2D eigenvalue weighted by atomic mass is 9.48. The molecule has 4 aliphatic rings. The Morgan fingerprint density at radius 2 is 1.73 bits per heavy atom. The van der Waals surface area contributed by atoms with Crippen LogP contribution >= 0.6 is 0 Å². The van der Waals surface area contributed by atoms with Gasteiger partial charge in [-0.05, 0) is 80.8 Å². The Hall–Kier alpha value is -2.11. The van der Waals surface area contributed by atoms with Crippen LogP contribution < -0.4 is 10.1 Å². The summed E-state index contributed by atoms with van der Waals surface area (Å²) >= 11 is 0. The highest BCUT2D eigenvalue weighted by Crippen LogP contribution is 2.61. The fraction of sp³-hybridized carbons (Fsp3) is 0.650. The molecule has 0 unspecified atom stereocenters.